The van der Waals surface area contributed by atoms with Crippen molar-refractivity contribution in [1.82, 2.24) is 19.7 Å². The predicted octanol–water partition coefficient (Wildman–Crippen LogP) is 3.34. The van der Waals surface area contributed by atoms with Crippen LogP contribution in [0, 0.1) is 0 Å². The molecule has 1 atom stereocenters. The van der Waals surface area contributed by atoms with Gasteiger partial charge in [-0.3, -0.25) is 14.5 Å². The lowest BCUT2D eigenvalue weighted by Crippen LogP contribution is -2.15. The second kappa shape index (κ2) is 6.84. The molecule has 0 aliphatic rings. The summed E-state index contributed by atoms with van der Waals surface area (Å²) in [6.45, 7) is 2.73. The molecule has 0 spiro atoms. The summed E-state index contributed by atoms with van der Waals surface area (Å²) in [7, 11) is 0. The average Bonchev–Trinajstić information content (AvgIpc) is 3.11. The summed E-state index contributed by atoms with van der Waals surface area (Å²) in [5, 5.41) is 8.26. The van der Waals surface area contributed by atoms with Crippen LogP contribution in [0.1, 0.15) is 24.1 Å². The van der Waals surface area contributed by atoms with E-state index >= 15 is 0 Å². The molecule has 2 heterocycles. The van der Waals surface area contributed by atoms with Crippen LogP contribution in [0.2, 0.25) is 0 Å². The normalized spacial score (nSPS) is 12.2. The highest BCUT2D eigenvalue weighted by molar-refractivity contribution is 5.78. The van der Waals surface area contributed by atoms with Crippen LogP contribution in [0.25, 0.3) is 10.9 Å². The third-order valence-corrected chi connectivity index (χ3v) is 4.31. The largest absolute Gasteiger partial charge is 0.349 e. The van der Waals surface area contributed by atoms with Crippen molar-refractivity contribution in [1.29, 1.82) is 0 Å². The van der Waals surface area contributed by atoms with Crippen LogP contribution >= 0.6 is 0 Å². The van der Waals surface area contributed by atoms with E-state index in [1.807, 2.05) is 60.4 Å². The van der Waals surface area contributed by atoms with Gasteiger partial charge in [0, 0.05) is 11.8 Å². The molecule has 4 aromatic rings. The van der Waals surface area contributed by atoms with Gasteiger partial charge < -0.3 is 5.32 Å². The van der Waals surface area contributed by atoms with E-state index in [1.165, 1.54) is 5.56 Å². The van der Waals surface area contributed by atoms with Crippen molar-refractivity contribution in [3.63, 3.8) is 0 Å². The first-order valence-corrected chi connectivity index (χ1v) is 8.51. The van der Waals surface area contributed by atoms with Gasteiger partial charge in [-0.15, -0.1) is 0 Å². The van der Waals surface area contributed by atoms with E-state index in [0.29, 0.717) is 16.9 Å². The van der Waals surface area contributed by atoms with Gasteiger partial charge in [0.05, 0.1) is 29.7 Å². The molecule has 2 aromatic heterocycles. The highest BCUT2D eigenvalue weighted by Crippen LogP contribution is 2.17. The van der Waals surface area contributed by atoms with Gasteiger partial charge in [-0.1, -0.05) is 42.5 Å². The van der Waals surface area contributed by atoms with Crippen molar-refractivity contribution in [2.24, 2.45) is 0 Å². The van der Waals surface area contributed by atoms with Crippen molar-refractivity contribution >= 4 is 16.9 Å². The summed E-state index contributed by atoms with van der Waals surface area (Å²) in [5.41, 5.74) is 2.75. The van der Waals surface area contributed by atoms with Gasteiger partial charge in [-0.05, 0) is 24.6 Å². The standard InChI is InChI=1S/C20H19N5O/c1-14(16-11-21-25(13-16)12-15-7-3-2-4-8-15)22-20-23-18-10-6-5-9-17(18)19(26)24-20/h2-11,13-14H,12H2,1H3,(H2,22,23,24,26). The minimum absolute atomic E-state index is 0.0381. The summed E-state index contributed by atoms with van der Waals surface area (Å²) in [6.07, 6.45) is 3.84. The Bertz CT molecular complexity index is 1080. The van der Waals surface area contributed by atoms with E-state index in [4.69, 9.17) is 0 Å². The highest BCUT2D eigenvalue weighted by Gasteiger charge is 2.11. The molecule has 0 saturated carbocycles. The molecule has 0 bridgehead atoms. The first-order valence-electron chi connectivity index (χ1n) is 8.51. The number of anilines is 1. The fourth-order valence-electron chi connectivity index (χ4n) is 2.90. The van der Waals surface area contributed by atoms with Gasteiger partial charge in [0.2, 0.25) is 5.95 Å². The van der Waals surface area contributed by atoms with Crippen molar-refractivity contribution in [2.45, 2.75) is 19.5 Å². The Labute approximate surface area is 150 Å². The molecule has 6 nitrogen and oxygen atoms in total. The smallest absolute Gasteiger partial charge is 0.260 e. The second-order valence-electron chi connectivity index (χ2n) is 6.25. The number of fused-ring (bicyclic) bond motifs is 1. The molecule has 0 radical (unpaired) electrons. The topological polar surface area (TPSA) is 75.6 Å². The van der Waals surface area contributed by atoms with Crippen LogP contribution in [0.4, 0.5) is 5.95 Å². The van der Waals surface area contributed by atoms with E-state index in [1.54, 1.807) is 6.07 Å². The SMILES string of the molecule is CC(Nc1nc2ccccc2c(=O)[nH]1)c1cnn(Cc2ccccc2)c1. The number of H-pyrrole nitrogens is 1. The van der Waals surface area contributed by atoms with E-state index in [-0.39, 0.29) is 11.6 Å². The zero-order valence-electron chi connectivity index (χ0n) is 14.4. The third-order valence-electron chi connectivity index (χ3n) is 4.31. The van der Waals surface area contributed by atoms with E-state index in [2.05, 4.69) is 32.5 Å². The molecular formula is C20H19N5O. The van der Waals surface area contributed by atoms with Crippen LogP contribution in [-0.2, 0) is 6.54 Å². The molecule has 0 aliphatic heterocycles. The van der Waals surface area contributed by atoms with Gasteiger partial charge in [-0.25, -0.2) is 4.98 Å². The molecule has 0 amide bonds. The predicted molar refractivity (Wildman–Crippen MR) is 102 cm³/mol. The quantitative estimate of drug-likeness (QED) is 0.582. The zero-order valence-corrected chi connectivity index (χ0v) is 14.4. The fourth-order valence-corrected chi connectivity index (χ4v) is 2.90. The molecule has 0 saturated heterocycles. The molecule has 0 aliphatic carbocycles. The molecule has 4 rings (SSSR count). The summed E-state index contributed by atoms with van der Waals surface area (Å²) >= 11 is 0. The summed E-state index contributed by atoms with van der Waals surface area (Å²) in [6, 6.07) is 17.5. The molecule has 26 heavy (non-hydrogen) atoms. The molecule has 2 N–H and O–H groups in total. The maximum atomic E-state index is 12.2. The number of aromatic amines is 1. The maximum absolute atomic E-state index is 12.2. The monoisotopic (exact) mass is 345 g/mol. The van der Waals surface area contributed by atoms with E-state index in [9.17, 15) is 4.79 Å². The van der Waals surface area contributed by atoms with Crippen LogP contribution in [-0.4, -0.2) is 19.7 Å². The lowest BCUT2D eigenvalue weighted by Gasteiger charge is -2.12. The number of rotatable bonds is 5. The number of benzene rings is 2. The summed E-state index contributed by atoms with van der Waals surface area (Å²) < 4.78 is 1.90. The number of para-hydroxylation sites is 1. The summed E-state index contributed by atoms with van der Waals surface area (Å²) in [5.74, 6) is 0.456. The minimum Gasteiger partial charge on any atom is -0.349 e. The number of hydrogen-bond acceptors (Lipinski definition) is 4. The van der Waals surface area contributed by atoms with Gasteiger partial charge in [0.1, 0.15) is 0 Å². The van der Waals surface area contributed by atoms with Crippen molar-refractivity contribution in [2.75, 3.05) is 5.32 Å². The Morgan fingerprint density at radius 3 is 2.73 bits per heavy atom. The number of aromatic nitrogens is 4. The van der Waals surface area contributed by atoms with Crippen LogP contribution in [0.3, 0.4) is 0 Å². The second-order valence-corrected chi connectivity index (χ2v) is 6.25. The fraction of sp³-hybridized carbons (Fsp3) is 0.150. The Balaban J connectivity index is 1.52. The summed E-state index contributed by atoms with van der Waals surface area (Å²) in [4.78, 5) is 19.4. The lowest BCUT2D eigenvalue weighted by molar-refractivity contribution is 0.685. The van der Waals surface area contributed by atoms with Crippen molar-refractivity contribution in [3.8, 4) is 0 Å². The van der Waals surface area contributed by atoms with Crippen molar-refractivity contribution < 1.29 is 0 Å². The van der Waals surface area contributed by atoms with Crippen molar-refractivity contribution in [3.05, 3.63) is 88.5 Å². The van der Waals surface area contributed by atoms with Gasteiger partial charge in [0.15, 0.2) is 0 Å². The first kappa shape index (κ1) is 16.1. The Morgan fingerprint density at radius 2 is 1.88 bits per heavy atom. The first-order chi connectivity index (χ1) is 12.7. The molecule has 6 heteroatoms. The molecule has 130 valence electrons. The van der Waals surface area contributed by atoms with Gasteiger partial charge in [0.25, 0.3) is 5.56 Å². The molecular weight excluding hydrogens is 326 g/mol. The maximum Gasteiger partial charge on any atom is 0.260 e. The number of nitrogens with zero attached hydrogens (tertiary/aromatic N) is 3. The lowest BCUT2D eigenvalue weighted by atomic mass is 10.2. The minimum atomic E-state index is -0.148. The highest BCUT2D eigenvalue weighted by atomic mass is 16.1. The Hall–Kier alpha value is -3.41. The molecule has 1 unspecified atom stereocenters. The Kier molecular flexibility index (Phi) is 4.23. The molecule has 2 aromatic carbocycles. The number of nitrogens with one attached hydrogen (secondary N) is 2. The van der Waals surface area contributed by atoms with Crippen LogP contribution < -0.4 is 10.9 Å². The average molecular weight is 345 g/mol. The third kappa shape index (κ3) is 3.35. The van der Waals surface area contributed by atoms with Crippen LogP contribution in [0.5, 0.6) is 0 Å². The Morgan fingerprint density at radius 1 is 1.12 bits per heavy atom. The number of hydrogen-bond donors (Lipinski definition) is 2. The van der Waals surface area contributed by atoms with Gasteiger partial charge in [-0.2, -0.15) is 5.10 Å². The zero-order chi connectivity index (χ0) is 17.9. The van der Waals surface area contributed by atoms with E-state index in [0.717, 1.165) is 12.1 Å². The molecule has 0 fully saturated rings. The van der Waals surface area contributed by atoms with Gasteiger partial charge >= 0.3 is 0 Å². The van der Waals surface area contributed by atoms with E-state index < -0.39 is 0 Å². The van der Waals surface area contributed by atoms with Crippen LogP contribution in [0.15, 0.2) is 71.8 Å².